The molecule has 0 spiro atoms. The van der Waals surface area contributed by atoms with Crippen LogP contribution in [0.4, 0.5) is 0 Å². The van der Waals surface area contributed by atoms with Crippen LogP contribution in [0.5, 0.6) is 0 Å². The molecule has 0 amide bonds. The molecule has 1 aliphatic heterocycles. The third-order valence-electron chi connectivity index (χ3n) is 4.83. The van der Waals surface area contributed by atoms with Crippen LogP contribution in [0.25, 0.3) is 0 Å². The topological polar surface area (TPSA) is 12.0 Å². The molecule has 0 aromatic heterocycles. The van der Waals surface area contributed by atoms with Gasteiger partial charge in [-0.2, -0.15) is 0 Å². The molecule has 0 atom stereocenters. The van der Waals surface area contributed by atoms with E-state index in [0.717, 1.165) is 19.5 Å². The molecule has 1 N–H and O–H groups in total. The second-order valence-electron chi connectivity index (χ2n) is 6.77. The monoisotopic (exact) mass is 279 g/mol. The summed E-state index contributed by atoms with van der Waals surface area (Å²) in [7, 11) is 0. The summed E-state index contributed by atoms with van der Waals surface area (Å²) in [5.41, 5.74) is 6.08. The Hall–Kier alpha value is -1.60. The smallest absolute Gasteiger partial charge is 0.0245 e. The van der Waals surface area contributed by atoms with Crippen LogP contribution in [-0.4, -0.2) is 13.1 Å². The third-order valence-corrected chi connectivity index (χ3v) is 4.83. The van der Waals surface area contributed by atoms with Gasteiger partial charge in [0.25, 0.3) is 0 Å². The zero-order valence-electron chi connectivity index (χ0n) is 13.3. The average molecular weight is 279 g/mol. The maximum absolute atomic E-state index is 3.48. The molecule has 1 heterocycles. The molecule has 2 aromatic rings. The summed E-state index contributed by atoms with van der Waals surface area (Å²) in [6, 6.07) is 18.0. The van der Waals surface area contributed by atoms with E-state index in [1.165, 1.54) is 22.3 Å². The lowest BCUT2D eigenvalue weighted by molar-refractivity contribution is 0.273. The van der Waals surface area contributed by atoms with Gasteiger partial charge in [-0.3, -0.25) is 0 Å². The zero-order valence-corrected chi connectivity index (χ0v) is 13.3. The number of hydrogen-bond donors (Lipinski definition) is 1. The van der Waals surface area contributed by atoms with Crippen molar-refractivity contribution < 1.29 is 0 Å². The lowest BCUT2D eigenvalue weighted by Crippen LogP contribution is -2.58. The maximum atomic E-state index is 3.48. The molecular formula is C20H25N. The number of aryl methyl sites for hydroxylation is 1. The van der Waals surface area contributed by atoms with Gasteiger partial charge < -0.3 is 5.32 Å². The Labute approximate surface area is 128 Å². The second kappa shape index (κ2) is 5.65. The summed E-state index contributed by atoms with van der Waals surface area (Å²) in [6.07, 6.45) is 1.13. The Kier molecular flexibility index (Phi) is 3.86. The van der Waals surface area contributed by atoms with Crippen LogP contribution in [0.2, 0.25) is 0 Å². The van der Waals surface area contributed by atoms with E-state index in [1.54, 1.807) is 0 Å². The van der Waals surface area contributed by atoms with Crippen molar-refractivity contribution in [3.05, 3.63) is 70.8 Å². The molecule has 1 fully saturated rings. The highest BCUT2D eigenvalue weighted by Gasteiger charge is 2.39. The highest BCUT2D eigenvalue weighted by Crippen LogP contribution is 2.34. The van der Waals surface area contributed by atoms with E-state index in [2.05, 4.69) is 74.6 Å². The van der Waals surface area contributed by atoms with Gasteiger partial charge in [0.1, 0.15) is 0 Å². The van der Waals surface area contributed by atoms with Crippen molar-refractivity contribution in [1.29, 1.82) is 0 Å². The first-order chi connectivity index (χ1) is 10.1. The van der Waals surface area contributed by atoms with Crippen molar-refractivity contribution in [1.82, 2.24) is 5.32 Å². The summed E-state index contributed by atoms with van der Waals surface area (Å²) >= 11 is 0. The molecule has 0 saturated carbocycles. The SMILES string of the molecule is Cc1ccccc1C1(Cc2ccc(C(C)C)cc2)CNC1. The Morgan fingerprint density at radius 2 is 1.67 bits per heavy atom. The standard InChI is InChI=1S/C20H25N/c1-15(2)18-10-8-17(9-11-18)12-20(13-21-14-20)19-7-5-4-6-16(19)3/h4-11,15,21H,12-14H2,1-3H3. The summed E-state index contributed by atoms with van der Waals surface area (Å²) in [6.45, 7) is 8.91. The second-order valence-corrected chi connectivity index (χ2v) is 6.77. The normalized spacial score (nSPS) is 16.8. The fraction of sp³-hybridized carbons (Fsp3) is 0.400. The average Bonchev–Trinajstić information content (AvgIpc) is 2.44. The van der Waals surface area contributed by atoms with E-state index >= 15 is 0 Å². The third kappa shape index (κ3) is 2.75. The Bertz CT molecular complexity index is 606. The van der Waals surface area contributed by atoms with E-state index in [9.17, 15) is 0 Å². The van der Waals surface area contributed by atoms with Gasteiger partial charge in [0.15, 0.2) is 0 Å². The molecule has 0 aliphatic carbocycles. The molecule has 3 rings (SSSR count). The molecular weight excluding hydrogens is 254 g/mol. The predicted molar refractivity (Wildman–Crippen MR) is 90.0 cm³/mol. The van der Waals surface area contributed by atoms with Gasteiger partial charge >= 0.3 is 0 Å². The van der Waals surface area contributed by atoms with Crippen LogP contribution in [0.1, 0.15) is 42.0 Å². The van der Waals surface area contributed by atoms with E-state index in [4.69, 9.17) is 0 Å². The van der Waals surface area contributed by atoms with Crippen molar-refractivity contribution in [2.24, 2.45) is 0 Å². The van der Waals surface area contributed by atoms with E-state index < -0.39 is 0 Å². The molecule has 0 unspecified atom stereocenters. The molecule has 1 aliphatic rings. The highest BCUT2D eigenvalue weighted by atomic mass is 15.0. The minimum absolute atomic E-state index is 0.282. The summed E-state index contributed by atoms with van der Waals surface area (Å²) in [5.74, 6) is 0.606. The van der Waals surface area contributed by atoms with Gasteiger partial charge in [-0.15, -0.1) is 0 Å². The number of benzene rings is 2. The van der Waals surface area contributed by atoms with Crippen molar-refractivity contribution in [2.75, 3.05) is 13.1 Å². The molecule has 2 aromatic carbocycles. The van der Waals surface area contributed by atoms with Gasteiger partial charge in [-0.25, -0.2) is 0 Å². The van der Waals surface area contributed by atoms with Crippen molar-refractivity contribution in [2.45, 2.75) is 38.5 Å². The van der Waals surface area contributed by atoms with E-state index in [1.807, 2.05) is 0 Å². The lowest BCUT2D eigenvalue weighted by atomic mass is 9.69. The highest BCUT2D eigenvalue weighted by molar-refractivity contribution is 5.39. The Morgan fingerprint density at radius 1 is 1.00 bits per heavy atom. The number of nitrogens with one attached hydrogen (secondary N) is 1. The van der Waals surface area contributed by atoms with Crippen LogP contribution in [0.3, 0.4) is 0 Å². The van der Waals surface area contributed by atoms with Gasteiger partial charge in [-0.05, 0) is 41.5 Å². The molecule has 21 heavy (non-hydrogen) atoms. The van der Waals surface area contributed by atoms with Crippen LogP contribution in [0.15, 0.2) is 48.5 Å². The molecule has 1 saturated heterocycles. The van der Waals surface area contributed by atoms with Crippen LogP contribution in [-0.2, 0) is 11.8 Å². The van der Waals surface area contributed by atoms with Crippen LogP contribution < -0.4 is 5.32 Å². The molecule has 1 heteroatoms. The Morgan fingerprint density at radius 3 is 2.19 bits per heavy atom. The summed E-state index contributed by atoms with van der Waals surface area (Å²) < 4.78 is 0. The molecule has 0 bridgehead atoms. The fourth-order valence-corrected chi connectivity index (χ4v) is 3.42. The molecule has 110 valence electrons. The van der Waals surface area contributed by atoms with Crippen molar-refractivity contribution in [3.63, 3.8) is 0 Å². The van der Waals surface area contributed by atoms with Gasteiger partial charge in [0.05, 0.1) is 0 Å². The largest absolute Gasteiger partial charge is 0.315 e. The minimum Gasteiger partial charge on any atom is -0.315 e. The number of hydrogen-bond acceptors (Lipinski definition) is 1. The first-order valence-electron chi connectivity index (χ1n) is 7.96. The Balaban J connectivity index is 1.86. The first kappa shape index (κ1) is 14.3. The first-order valence-corrected chi connectivity index (χ1v) is 7.96. The van der Waals surface area contributed by atoms with E-state index in [0.29, 0.717) is 5.92 Å². The van der Waals surface area contributed by atoms with Gasteiger partial charge in [0.2, 0.25) is 0 Å². The van der Waals surface area contributed by atoms with Crippen LogP contribution in [0, 0.1) is 6.92 Å². The predicted octanol–water partition coefficient (Wildman–Crippen LogP) is 4.20. The van der Waals surface area contributed by atoms with Crippen molar-refractivity contribution >= 4 is 0 Å². The maximum Gasteiger partial charge on any atom is 0.0245 e. The summed E-state index contributed by atoms with van der Waals surface area (Å²) in [4.78, 5) is 0. The zero-order chi connectivity index (χ0) is 14.9. The van der Waals surface area contributed by atoms with Gasteiger partial charge in [-0.1, -0.05) is 62.4 Å². The summed E-state index contributed by atoms with van der Waals surface area (Å²) in [5, 5.41) is 3.48. The van der Waals surface area contributed by atoms with Crippen LogP contribution >= 0.6 is 0 Å². The molecule has 1 nitrogen and oxygen atoms in total. The lowest BCUT2D eigenvalue weighted by Gasteiger charge is -2.44. The van der Waals surface area contributed by atoms with Crippen molar-refractivity contribution in [3.8, 4) is 0 Å². The quantitative estimate of drug-likeness (QED) is 0.884. The van der Waals surface area contributed by atoms with Gasteiger partial charge in [0, 0.05) is 18.5 Å². The van der Waals surface area contributed by atoms with E-state index in [-0.39, 0.29) is 5.41 Å². The number of rotatable bonds is 4. The minimum atomic E-state index is 0.282. The fourth-order valence-electron chi connectivity index (χ4n) is 3.42. The molecule has 0 radical (unpaired) electrons.